The lowest BCUT2D eigenvalue weighted by Gasteiger charge is -2.39. The second kappa shape index (κ2) is 4.63. The van der Waals surface area contributed by atoms with E-state index in [0.29, 0.717) is 0 Å². The first-order valence-electron chi connectivity index (χ1n) is 5.78. The van der Waals surface area contributed by atoms with E-state index in [4.69, 9.17) is 0 Å². The van der Waals surface area contributed by atoms with Gasteiger partial charge in [0.05, 0.1) is 0 Å². The fourth-order valence-electron chi connectivity index (χ4n) is 2.15. The van der Waals surface area contributed by atoms with Crippen molar-refractivity contribution in [3.05, 3.63) is 0 Å². The van der Waals surface area contributed by atoms with Crippen molar-refractivity contribution in [1.82, 2.24) is 4.90 Å². The van der Waals surface area contributed by atoms with Crippen LogP contribution in [0.2, 0.25) is 0 Å². The molecule has 1 aliphatic rings. The summed E-state index contributed by atoms with van der Waals surface area (Å²) >= 11 is 0. The maximum Gasteiger partial charge on any atom is 0.0494 e. The van der Waals surface area contributed by atoms with Crippen molar-refractivity contribution < 1.29 is 5.11 Å². The standard InChI is InChI=1S/C12H25NO/c1-10-5-6-13(7-11(10)2)8-12(3,4)9-14/h10-11,14H,5-9H2,1-4H3. The molecule has 1 aliphatic heterocycles. The molecule has 1 N–H and O–H groups in total. The summed E-state index contributed by atoms with van der Waals surface area (Å²) in [7, 11) is 0. The molecular formula is C12H25NO. The van der Waals surface area contributed by atoms with Crippen molar-refractivity contribution in [3.63, 3.8) is 0 Å². The van der Waals surface area contributed by atoms with Crippen LogP contribution in [0.4, 0.5) is 0 Å². The second-order valence-electron chi connectivity index (χ2n) is 5.80. The Bertz CT molecular complexity index is 179. The summed E-state index contributed by atoms with van der Waals surface area (Å²) < 4.78 is 0. The molecule has 1 saturated heterocycles. The van der Waals surface area contributed by atoms with Gasteiger partial charge in [-0.25, -0.2) is 0 Å². The van der Waals surface area contributed by atoms with Gasteiger partial charge in [0, 0.05) is 25.1 Å². The Morgan fingerprint density at radius 1 is 1.29 bits per heavy atom. The number of piperidine rings is 1. The van der Waals surface area contributed by atoms with Crippen LogP contribution in [-0.2, 0) is 0 Å². The van der Waals surface area contributed by atoms with Gasteiger partial charge >= 0.3 is 0 Å². The second-order valence-corrected chi connectivity index (χ2v) is 5.80. The summed E-state index contributed by atoms with van der Waals surface area (Å²) in [6.07, 6.45) is 1.31. The highest BCUT2D eigenvalue weighted by Crippen LogP contribution is 2.25. The van der Waals surface area contributed by atoms with Gasteiger partial charge in [0.25, 0.3) is 0 Å². The van der Waals surface area contributed by atoms with E-state index in [1.807, 2.05) is 0 Å². The van der Waals surface area contributed by atoms with Crippen molar-refractivity contribution in [1.29, 1.82) is 0 Å². The molecule has 2 nitrogen and oxygen atoms in total. The molecule has 0 spiro atoms. The molecule has 0 bridgehead atoms. The molecule has 1 fully saturated rings. The number of hydrogen-bond donors (Lipinski definition) is 1. The summed E-state index contributed by atoms with van der Waals surface area (Å²) in [4.78, 5) is 2.50. The Labute approximate surface area is 88.3 Å². The van der Waals surface area contributed by atoms with Crippen LogP contribution in [0.5, 0.6) is 0 Å². The lowest BCUT2D eigenvalue weighted by Crippen LogP contribution is -2.44. The highest BCUT2D eigenvalue weighted by molar-refractivity contribution is 4.79. The molecule has 0 saturated carbocycles. The van der Waals surface area contributed by atoms with Crippen LogP contribution < -0.4 is 0 Å². The van der Waals surface area contributed by atoms with E-state index in [0.717, 1.165) is 18.4 Å². The lowest BCUT2D eigenvalue weighted by atomic mass is 9.86. The average molecular weight is 199 g/mol. The van der Waals surface area contributed by atoms with Crippen LogP contribution in [0.25, 0.3) is 0 Å². The minimum atomic E-state index is 0.0559. The molecule has 14 heavy (non-hydrogen) atoms. The van der Waals surface area contributed by atoms with Gasteiger partial charge in [-0.3, -0.25) is 0 Å². The van der Waals surface area contributed by atoms with Gasteiger partial charge < -0.3 is 10.0 Å². The molecule has 2 heteroatoms. The van der Waals surface area contributed by atoms with Crippen molar-refractivity contribution in [2.75, 3.05) is 26.2 Å². The van der Waals surface area contributed by atoms with Crippen LogP contribution >= 0.6 is 0 Å². The van der Waals surface area contributed by atoms with Crippen LogP contribution in [0, 0.1) is 17.3 Å². The minimum Gasteiger partial charge on any atom is -0.396 e. The maximum atomic E-state index is 9.22. The third-order valence-electron chi connectivity index (χ3n) is 3.50. The largest absolute Gasteiger partial charge is 0.396 e. The average Bonchev–Trinajstić information content (AvgIpc) is 2.11. The molecule has 0 aromatic carbocycles. The fourth-order valence-corrected chi connectivity index (χ4v) is 2.15. The van der Waals surface area contributed by atoms with Crippen LogP contribution in [-0.4, -0.2) is 36.2 Å². The Morgan fingerprint density at radius 2 is 1.93 bits per heavy atom. The van der Waals surface area contributed by atoms with E-state index in [1.165, 1.54) is 19.5 Å². The van der Waals surface area contributed by atoms with Crippen molar-refractivity contribution in [3.8, 4) is 0 Å². The first-order valence-corrected chi connectivity index (χ1v) is 5.78. The fraction of sp³-hybridized carbons (Fsp3) is 1.00. The number of aliphatic hydroxyl groups excluding tert-OH is 1. The van der Waals surface area contributed by atoms with Gasteiger partial charge in [0.2, 0.25) is 0 Å². The summed E-state index contributed by atoms with van der Waals surface area (Å²) in [6, 6.07) is 0. The highest BCUT2D eigenvalue weighted by Gasteiger charge is 2.27. The van der Waals surface area contributed by atoms with Crippen molar-refractivity contribution in [2.45, 2.75) is 34.1 Å². The van der Waals surface area contributed by atoms with Gasteiger partial charge in [-0.15, -0.1) is 0 Å². The zero-order chi connectivity index (χ0) is 10.8. The quantitative estimate of drug-likeness (QED) is 0.751. The maximum absolute atomic E-state index is 9.22. The number of nitrogens with zero attached hydrogens (tertiary/aromatic N) is 1. The number of hydrogen-bond acceptors (Lipinski definition) is 2. The Hall–Kier alpha value is -0.0800. The monoisotopic (exact) mass is 199 g/mol. The van der Waals surface area contributed by atoms with Crippen LogP contribution in [0.1, 0.15) is 34.1 Å². The molecule has 0 aliphatic carbocycles. The zero-order valence-corrected chi connectivity index (χ0v) is 10.1. The highest BCUT2D eigenvalue weighted by atomic mass is 16.3. The number of rotatable bonds is 3. The third kappa shape index (κ3) is 3.25. The van der Waals surface area contributed by atoms with Gasteiger partial charge in [0.1, 0.15) is 0 Å². The van der Waals surface area contributed by atoms with Gasteiger partial charge in [0.15, 0.2) is 0 Å². The zero-order valence-electron chi connectivity index (χ0n) is 10.1. The predicted octanol–water partition coefficient (Wildman–Crippen LogP) is 1.98. The van der Waals surface area contributed by atoms with Crippen LogP contribution in [0.15, 0.2) is 0 Å². The first-order chi connectivity index (χ1) is 6.44. The Morgan fingerprint density at radius 3 is 2.43 bits per heavy atom. The molecule has 2 unspecified atom stereocenters. The summed E-state index contributed by atoms with van der Waals surface area (Å²) in [5.41, 5.74) is 0.0559. The predicted molar refractivity (Wildman–Crippen MR) is 60.3 cm³/mol. The topological polar surface area (TPSA) is 23.5 Å². The molecule has 0 radical (unpaired) electrons. The Balaban J connectivity index is 2.40. The molecular weight excluding hydrogens is 174 g/mol. The number of aliphatic hydroxyl groups is 1. The molecule has 84 valence electrons. The molecule has 0 aromatic heterocycles. The third-order valence-corrected chi connectivity index (χ3v) is 3.50. The van der Waals surface area contributed by atoms with Gasteiger partial charge in [-0.2, -0.15) is 0 Å². The van der Waals surface area contributed by atoms with Crippen molar-refractivity contribution >= 4 is 0 Å². The van der Waals surface area contributed by atoms with E-state index in [-0.39, 0.29) is 12.0 Å². The van der Waals surface area contributed by atoms with E-state index in [9.17, 15) is 5.11 Å². The molecule has 0 aromatic rings. The summed E-state index contributed by atoms with van der Waals surface area (Å²) in [5, 5.41) is 9.22. The summed E-state index contributed by atoms with van der Waals surface area (Å²) in [5.74, 6) is 1.67. The number of likely N-dealkylation sites (tertiary alicyclic amines) is 1. The smallest absolute Gasteiger partial charge is 0.0494 e. The van der Waals surface area contributed by atoms with E-state index in [1.54, 1.807) is 0 Å². The SMILES string of the molecule is CC1CCN(CC(C)(C)CO)CC1C. The van der Waals surface area contributed by atoms with Gasteiger partial charge in [-0.05, 0) is 24.8 Å². The Kier molecular flexibility index (Phi) is 3.96. The van der Waals surface area contributed by atoms with Crippen molar-refractivity contribution in [2.24, 2.45) is 17.3 Å². The minimum absolute atomic E-state index is 0.0559. The van der Waals surface area contributed by atoms with E-state index >= 15 is 0 Å². The van der Waals surface area contributed by atoms with Crippen LogP contribution in [0.3, 0.4) is 0 Å². The lowest BCUT2D eigenvalue weighted by molar-refractivity contribution is 0.0639. The van der Waals surface area contributed by atoms with E-state index in [2.05, 4.69) is 32.6 Å². The molecule has 1 rings (SSSR count). The normalized spacial score (nSPS) is 30.6. The molecule has 1 heterocycles. The van der Waals surface area contributed by atoms with E-state index < -0.39 is 0 Å². The van der Waals surface area contributed by atoms with Gasteiger partial charge in [-0.1, -0.05) is 27.7 Å². The molecule has 0 amide bonds. The molecule has 2 atom stereocenters. The summed E-state index contributed by atoms with van der Waals surface area (Å²) in [6.45, 7) is 12.7. The first kappa shape index (κ1) is 12.0.